The fourth-order valence-electron chi connectivity index (χ4n) is 3.66. The summed E-state index contributed by atoms with van der Waals surface area (Å²) in [6.45, 7) is 1.38. The van der Waals surface area contributed by atoms with Crippen LogP contribution in [-0.4, -0.2) is 40.1 Å². The van der Waals surface area contributed by atoms with Crippen molar-refractivity contribution < 1.29 is 9.90 Å². The maximum Gasteiger partial charge on any atom is 0.272 e. The van der Waals surface area contributed by atoms with Gasteiger partial charge in [-0.05, 0) is 37.8 Å². The number of nitrogen functional groups attached to an aromatic ring is 1. The van der Waals surface area contributed by atoms with Gasteiger partial charge >= 0.3 is 0 Å². The van der Waals surface area contributed by atoms with Crippen LogP contribution in [0, 0.1) is 5.41 Å². The number of likely N-dealkylation sites (tertiary alicyclic amines) is 1. The molecule has 0 radical (unpaired) electrons. The predicted molar refractivity (Wildman–Crippen MR) is 76.1 cm³/mol. The van der Waals surface area contributed by atoms with Crippen LogP contribution in [0.2, 0.25) is 0 Å². The minimum atomic E-state index is -0.271. The lowest BCUT2D eigenvalue weighted by atomic mass is 9.76. The monoisotopic (exact) mass is 275 g/mol. The zero-order chi connectivity index (χ0) is 14.2. The summed E-state index contributed by atoms with van der Waals surface area (Å²) >= 11 is 0. The van der Waals surface area contributed by atoms with E-state index in [1.165, 1.54) is 0 Å². The fourth-order valence-corrected chi connectivity index (χ4v) is 3.66. The number of anilines is 1. The molecule has 1 saturated carbocycles. The molecule has 3 rings (SSSR count). The average molecular weight is 275 g/mol. The van der Waals surface area contributed by atoms with Crippen molar-refractivity contribution in [3.63, 3.8) is 0 Å². The first-order valence-corrected chi connectivity index (χ1v) is 7.31. The smallest absolute Gasteiger partial charge is 0.272 e. The molecular formula is C15H21N3O2. The Balaban J connectivity index is 1.78. The Kier molecular flexibility index (Phi) is 3.38. The van der Waals surface area contributed by atoms with E-state index in [0.29, 0.717) is 18.1 Å². The molecule has 1 aromatic heterocycles. The molecule has 5 heteroatoms. The molecular weight excluding hydrogens is 254 g/mol. The summed E-state index contributed by atoms with van der Waals surface area (Å²) < 4.78 is 0. The number of aliphatic hydroxyl groups excluding tert-OH is 1. The number of piperidine rings is 1. The Morgan fingerprint density at radius 1 is 1.40 bits per heavy atom. The molecule has 0 bridgehead atoms. The highest BCUT2D eigenvalue weighted by molar-refractivity contribution is 5.92. The maximum absolute atomic E-state index is 12.5. The van der Waals surface area contributed by atoms with E-state index >= 15 is 0 Å². The summed E-state index contributed by atoms with van der Waals surface area (Å²) in [4.78, 5) is 18.5. The Morgan fingerprint density at radius 3 is 2.90 bits per heavy atom. The van der Waals surface area contributed by atoms with Gasteiger partial charge in [-0.25, -0.2) is 4.98 Å². The van der Waals surface area contributed by atoms with Gasteiger partial charge in [0.2, 0.25) is 0 Å². The molecule has 2 atom stereocenters. The summed E-state index contributed by atoms with van der Waals surface area (Å²) in [5, 5.41) is 10.2. The minimum Gasteiger partial charge on any atom is -0.392 e. The van der Waals surface area contributed by atoms with E-state index in [9.17, 15) is 9.90 Å². The van der Waals surface area contributed by atoms with Crippen LogP contribution in [0.4, 0.5) is 5.82 Å². The molecule has 1 aliphatic carbocycles. The highest BCUT2D eigenvalue weighted by Gasteiger charge is 2.45. The first-order chi connectivity index (χ1) is 9.61. The van der Waals surface area contributed by atoms with Gasteiger partial charge in [0, 0.05) is 18.5 Å². The second kappa shape index (κ2) is 5.05. The second-order valence-electron chi connectivity index (χ2n) is 6.05. The number of rotatable bonds is 1. The molecule has 108 valence electrons. The Hall–Kier alpha value is -1.62. The predicted octanol–water partition coefficient (Wildman–Crippen LogP) is 1.43. The number of pyridine rings is 1. The minimum absolute atomic E-state index is 0.0736. The lowest BCUT2D eigenvalue weighted by Gasteiger charge is -2.42. The van der Waals surface area contributed by atoms with Gasteiger partial charge in [-0.3, -0.25) is 4.79 Å². The first kappa shape index (κ1) is 13.4. The van der Waals surface area contributed by atoms with Gasteiger partial charge in [0.1, 0.15) is 11.5 Å². The SMILES string of the molecule is Nc1cccc(C(=O)N2CCC[C@]3(CCC[C@H]3O)C2)n1. The molecule has 2 fully saturated rings. The standard InChI is InChI=1S/C15H21N3O2/c16-13-6-1-4-11(17-13)14(20)18-9-3-8-15(10-18)7-2-5-12(15)19/h1,4,6,12,19H,2-3,5,7-10H2,(H2,16,17)/t12-,15-/m1/s1. The normalized spacial score (nSPS) is 29.9. The van der Waals surface area contributed by atoms with E-state index in [1.807, 2.05) is 4.90 Å². The fraction of sp³-hybridized carbons (Fsp3) is 0.600. The number of amides is 1. The number of carbonyl (C=O) groups is 1. The van der Waals surface area contributed by atoms with Gasteiger partial charge < -0.3 is 15.7 Å². The summed E-state index contributed by atoms with van der Waals surface area (Å²) in [5.41, 5.74) is 5.95. The van der Waals surface area contributed by atoms with Crippen molar-refractivity contribution in [2.24, 2.45) is 5.41 Å². The Labute approximate surface area is 118 Å². The molecule has 1 aromatic rings. The van der Waals surface area contributed by atoms with Crippen LogP contribution in [-0.2, 0) is 0 Å². The quantitative estimate of drug-likeness (QED) is 0.812. The van der Waals surface area contributed by atoms with Crippen molar-refractivity contribution in [3.8, 4) is 0 Å². The zero-order valence-electron chi connectivity index (χ0n) is 11.6. The molecule has 2 aliphatic rings. The Morgan fingerprint density at radius 2 is 2.20 bits per heavy atom. The molecule has 0 unspecified atom stereocenters. The van der Waals surface area contributed by atoms with Gasteiger partial charge in [-0.2, -0.15) is 0 Å². The summed E-state index contributed by atoms with van der Waals surface area (Å²) in [7, 11) is 0. The van der Waals surface area contributed by atoms with Crippen LogP contribution in [0.25, 0.3) is 0 Å². The molecule has 1 spiro atoms. The summed E-state index contributed by atoms with van der Waals surface area (Å²) in [6, 6.07) is 5.12. The van der Waals surface area contributed by atoms with Crippen molar-refractivity contribution >= 4 is 11.7 Å². The lowest BCUT2D eigenvalue weighted by Crippen LogP contribution is -2.49. The summed E-state index contributed by atoms with van der Waals surface area (Å²) in [5.74, 6) is 0.291. The van der Waals surface area contributed by atoms with Gasteiger partial charge in [-0.1, -0.05) is 12.5 Å². The number of aromatic nitrogens is 1. The topological polar surface area (TPSA) is 79.5 Å². The van der Waals surface area contributed by atoms with E-state index in [-0.39, 0.29) is 17.4 Å². The number of nitrogens with two attached hydrogens (primary N) is 1. The van der Waals surface area contributed by atoms with Gasteiger partial charge in [0.15, 0.2) is 0 Å². The van der Waals surface area contributed by atoms with Crippen molar-refractivity contribution in [1.82, 2.24) is 9.88 Å². The van der Waals surface area contributed by atoms with Crippen molar-refractivity contribution in [2.45, 2.75) is 38.2 Å². The highest BCUT2D eigenvalue weighted by atomic mass is 16.3. The van der Waals surface area contributed by atoms with E-state index < -0.39 is 0 Å². The number of hydrogen-bond acceptors (Lipinski definition) is 4. The van der Waals surface area contributed by atoms with Crippen LogP contribution in [0.3, 0.4) is 0 Å². The van der Waals surface area contributed by atoms with Crippen LogP contribution < -0.4 is 5.73 Å². The van der Waals surface area contributed by atoms with Crippen LogP contribution >= 0.6 is 0 Å². The van der Waals surface area contributed by atoms with E-state index in [4.69, 9.17) is 5.73 Å². The lowest BCUT2D eigenvalue weighted by molar-refractivity contribution is -0.00554. The number of aliphatic hydroxyl groups is 1. The molecule has 5 nitrogen and oxygen atoms in total. The molecule has 1 aliphatic heterocycles. The zero-order valence-corrected chi connectivity index (χ0v) is 11.6. The van der Waals surface area contributed by atoms with Gasteiger partial charge in [0.05, 0.1) is 6.10 Å². The van der Waals surface area contributed by atoms with Gasteiger partial charge in [-0.15, -0.1) is 0 Å². The third kappa shape index (κ3) is 2.26. The van der Waals surface area contributed by atoms with Crippen LogP contribution in [0.1, 0.15) is 42.6 Å². The Bertz CT molecular complexity index is 520. The van der Waals surface area contributed by atoms with Crippen molar-refractivity contribution in [1.29, 1.82) is 0 Å². The second-order valence-corrected chi connectivity index (χ2v) is 6.05. The maximum atomic E-state index is 12.5. The summed E-state index contributed by atoms with van der Waals surface area (Å²) in [6.07, 6.45) is 4.63. The van der Waals surface area contributed by atoms with E-state index in [1.54, 1.807) is 18.2 Å². The molecule has 2 heterocycles. The molecule has 0 aromatic carbocycles. The third-order valence-electron chi connectivity index (χ3n) is 4.74. The molecule has 1 saturated heterocycles. The van der Waals surface area contributed by atoms with E-state index in [2.05, 4.69) is 4.98 Å². The highest BCUT2D eigenvalue weighted by Crippen LogP contribution is 2.45. The number of nitrogens with zero attached hydrogens (tertiary/aromatic N) is 2. The van der Waals surface area contributed by atoms with Crippen LogP contribution in [0.15, 0.2) is 18.2 Å². The molecule has 1 amide bonds. The largest absolute Gasteiger partial charge is 0.392 e. The average Bonchev–Trinajstić information content (AvgIpc) is 2.79. The first-order valence-electron chi connectivity index (χ1n) is 7.31. The molecule has 20 heavy (non-hydrogen) atoms. The van der Waals surface area contributed by atoms with E-state index in [0.717, 1.165) is 38.6 Å². The van der Waals surface area contributed by atoms with Gasteiger partial charge in [0.25, 0.3) is 5.91 Å². The number of hydrogen-bond donors (Lipinski definition) is 2. The molecule has 3 N–H and O–H groups in total. The van der Waals surface area contributed by atoms with Crippen molar-refractivity contribution in [2.75, 3.05) is 18.8 Å². The third-order valence-corrected chi connectivity index (χ3v) is 4.74. The number of carbonyl (C=O) groups excluding carboxylic acids is 1. The van der Waals surface area contributed by atoms with Crippen molar-refractivity contribution in [3.05, 3.63) is 23.9 Å². The van der Waals surface area contributed by atoms with Crippen LogP contribution in [0.5, 0.6) is 0 Å².